The van der Waals surface area contributed by atoms with Gasteiger partial charge in [0.15, 0.2) is 5.78 Å². The van der Waals surface area contributed by atoms with Crippen LogP contribution in [0.4, 0.5) is 0 Å². The average molecular weight is 265 g/mol. The molecule has 0 amide bonds. The van der Waals surface area contributed by atoms with Crippen LogP contribution in [-0.4, -0.2) is 12.3 Å². The van der Waals surface area contributed by atoms with Gasteiger partial charge in [-0.1, -0.05) is 61.0 Å². The fraction of sp³-hybridized carbons (Fsp3) is 0.278. The third-order valence-corrected chi connectivity index (χ3v) is 4.44. The first-order chi connectivity index (χ1) is 9.75. The Morgan fingerprint density at radius 1 is 0.950 bits per heavy atom. The molecule has 0 spiro atoms. The lowest BCUT2D eigenvalue weighted by Gasteiger charge is -2.39. The van der Waals surface area contributed by atoms with Gasteiger partial charge >= 0.3 is 0 Å². The van der Waals surface area contributed by atoms with Crippen molar-refractivity contribution in [1.29, 1.82) is 0 Å². The van der Waals surface area contributed by atoms with Crippen LogP contribution in [-0.2, 0) is 0 Å². The average Bonchev–Trinajstić information content (AvgIpc) is 2.48. The molecular formula is C18H19NO. The molecule has 2 nitrogen and oxygen atoms in total. The lowest BCUT2D eigenvalue weighted by molar-refractivity contribution is 0.0636. The Hall–Kier alpha value is -1.93. The molecule has 3 rings (SSSR count). The Morgan fingerprint density at radius 2 is 1.55 bits per heavy atom. The maximum absolute atomic E-state index is 12.5. The molecule has 0 saturated heterocycles. The summed E-state index contributed by atoms with van der Waals surface area (Å²) in [5.41, 5.74) is 8.62. The van der Waals surface area contributed by atoms with Crippen LogP contribution in [0.2, 0.25) is 0 Å². The van der Waals surface area contributed by atoms with E-state index in [9.17, 15) is 4.79 Å². The topological polar surface area (TPSA) is 43.1 Å². The summed E-state index contributed by atoms with van der Waals surface area (Å²) in [7, 11) is 0. The molecule has 2 heteroatoms. The van der Waals surface area contributed by atoms with Crippen LogP contribution in [0.3, 0.4) is 0 Å². The van der Waals surface area contributed by atoms with E-state index in [0.29, 0.717) is 6.54 Å². The Labute approximate surface area is 119 Å². The number of ketones is 1. The smallest absolute Gasteiger partial charge is 0.170 e. The predicted molar refractivity (Wildman–Crippen MR) is 81.5 cm³/mol. The van der Waals surface area contributed by atoms with Gasteiger partial charge in [0.25, 0.3) is 0 Å². The van der Waals surface area contributed by atoms with Crippen molar-refractivity contribution in [2.45, 2.75) is 19.3 Å². The van der Waals surface area contributed by atoms with E-state index in [4.69, 9.17) is 5.73 Å². The van der Waals surface area contributed by atoms with Crippen LogP contribution in [0.1, 0.15) is 29.6 Å². The molecule has 1 aliphatic carbocycles. The molecule has 0 atom stereocenters. The first-order valence-corrected chi connectivity index (χ1v) is 7.16. The molecule has 0 aliphatic heterocycles. The van der Waals surface area contributed by atoms with Gasteiger partial charge in [0, 0.05) is 17.5 Å². The van der Waals surface area contributed by atoms with Crippen LogP contribution in [0.15, 0.2) is 54.6 Å². The third-order valence-electron chi connectivity index (χ3n) is 4.44. The molecular weight excluding hydrogens is 246 g/mol. The van der Waals surface area contributed by atoms with Crippen LogP contribution >= 0.6 is 0 Å². The van der Waals surface area contributed by atoms with Gasteiger partial charge in [0.1, 0.15) is 0 Å². The summed E-state index contributed by atoms with van der Waals surface area (Å²) in [6.07, 6.45) is 2.98. The van der Waals surface area contributed by atoms with Crippen molar-refractivity contribution in [2.75, 3.05) is 6.54 Å². The molecule has 0 aromatic heterocycles. The number of benzene rings is 2. The largest absolute Gasteiger partial charge is 0.329 e. The number of Topliss-reactive ketones (excluding diaryl/α,β-unsaturated/α-hetero) is 1. The van der Waals surface area contributed by atoms with E-state index in [1.54, 1.807) is 0 Å². The van der Waals surface area contributed by atoms with Crippen molar-refractivity contribution >= 4 is 5.78 Å². The fourth-order valence-corrected chi connectivity index (χ4v) is 2.88. The van der Waals surface area contributed by atoms with Gasteiger partial charge in [-0.25, -0.2) is 0 Å². The van der Waals surface area contributed by atoms with E-state index in [1.807, 2.05) is 42.5 Å². The van der Waals surface area contributed by atoms with Gasteiger partial charge in [-0.2, -0.15) is 0 Å². The van der Waals surface area contributed by atoms with Gasteiger partial charge in [-0.3, -0.25) is 4.79 Å². The molecule has 0 heterocycles. The van der Waals surface area contributed by atoms with E-state index in [1.165, 1.54) is 5.56 Å². The first kappa shape index (κ1) is 13.1. The maximum atomic E-state index is 12.5. The van der Waals surface area contributed by atoms with Crippen molar-refractivity contribution in [3.05, 3.63) is 60.2 Å². The quantitative estimate of drug-likeness (QED) is 0.857. The lowest BCUT2D eigenvalue weighted by atomic mass is 9.64. The van der Waals surface area contributed by atoms with Crippen LogP contribution in [0.5, 0.6) is 0 Å². The van der Waals surface area contributed by atoms with Crippen LogP contribution in [0.25, 0.3) is 11.1 Å². The van der Waals surface area contributed by atoms with Crippen LogP contribution < -0.4 is 5.73 Å². The van der Waals surface area contributed by atoms with E-state index in [2.05, 4.69) is 12.1 Å². The summed E-state index contributed by atoms with van der Waals surface area (Å²) in [5.74, 6) is 0.214. The molecule has 2 aromatic carbocycles. The number of rotatable bonds is 4. The van der Waals surface area contributed by atoms with Crippen molar-refractivity contribution in [3.63, 3.8) is 0 Å². The van der Waals surface area contributed by atoms with E-state index >= 15 is 0 Å². The summed E-state index contributed by atoms with van der Waals surface area (Å²) in [6, 6.07) is 18.1. The number of nitrogens with two attached hydrogens (primary N) is 1. The molecule has 0 bridgehead atoms. The second-order valence-electron chi connectivity index (χ2n) is 5.61. The minimum absolute atomic E-state index is 0.214. The molecule has 2 aromatic rings. The minimum Gasteiger partial charge on any atom is -0.329 e. The van der Waals surface area contributed by atoms with Crippen molar-refractivity contribution in [2.24, 2.45) is 11.1 Å². The molecule has 0 unspecified atom stereocenters. The maximum Gasteiger partial charge on any atom is 0.170 e. The van der Waals surface area contributed by atoms with Crippen molar-refractivity contribution in [1.82, 2.24) is 0 Å². The third kappa shape index (κ3) is 2.16. The Balaban J connectivity index is 1.85. The normalized spacial score (nSPS) is 16.4. The Bertz CT molecular complexity index is 592. The summed E-state index contributed by atoms with van der Waals surface area (Å²) in [5, 5.41) is 0. The standard InChI is InChI=1S/C18H19NO/c19-13-18(11-4-12-18)17(20)16-9-7-15(8-10-16)14-5-2-1-3-6-14/h1-3,5-10H,4,11-13,19H2. The van der Waals surface area contributed by atoms with Gasteiger partial charge in [0.05, 0.1) is 0 Å². The zero-order valence-corrected chi connectivity index (χ0v) is 11.5. The van der Waals surface area contributed by atoms with E-state index < -0.39 is 0 Å². The SMILES string of the molecule is NCC1(C(=O)c2ccc(-c3ccccc3)cc2)CCC1. The molecule has 0 radical (unpaired) electrons. The molecule has 1 aliphatic rings. The highest BCUT2D eigenvalue weighted by molar-refractivity contribution is 6.01. The highest BCUT2D eigenvalue weighted by Crippen LogP contribution is 2.42. The van der Waals surface area contributed by atoms with Crippen LogP contribution in [0, 0.1) is 5.41 Å². The minimum atomic E-state index is -0.283. The molecule has 102 valence electrons. The highest BCUT2D eigenvalue weighted by atomic mass is 16.1. The van der Waals surface area contributed by atoms with Crippen molar-refractivity contribution < 1.29 is 4.79 Å². The Morgan fingerprint density at radius 3 is 2.05 bits per heavy atom. The molecule has 1 saturated carbocycles. The fourth-order valence-electron chi connectivity index (χ4n) is 2.88. The summed E-state index contributed by atoms with van der Waals surface area (Å²) in [4.78, 5) is 12.5. The lowest BCUT2D eigenvalue weighted by Crippen LogP contribution is -2.44. The molecule has 20 heavy (non-hydrogen) atoms. The monoisotopic (exact) mass is 265 g/mol. The van der Waals surface area contributed by atoms with Gasteiger partial charge in [-0.05, 0) is 24.0 Å². The first-order valence-electron chi connectivity index (χ1n) is 7.16. The summed E-state index contributed by atoms with van der Waals surface area (Å²) in [6.45, 7) is 0.465. The molecule has 1 fully saturated rings. The van der Waals surface area contributed by atoms with E-state index in [0.717, 1.165) is 30.4 Å². The van der Waals surface area contributed by atoms with E-state index in [-0.39, 0.29) is 11.2 Å². The van der Waals surface area contributed by atoms with Gasteiger partial charge < -0.3 is 5.73 Å². The zero-order valence-electron chi connectivity index (χ0n) is 11.5. The highest BCUT2D eigenvalue weighted by Gasteiger charge is 2.42. The number of carbonyl (C=O) groups is 1. The second-order valence-corrected chi connectivity index (χ2v) is 5.61. The number of carbonyl (C=O) groups excluding carboxylic acids is 1. The van der Waals surface area contributed by atoms with Gasteiger partial charge in [-0.15, -0.1) is 0 Å². The Kier molecular flexibility index (Phi) is 3.41. The predicted octanol–water partition coefficient (Wildman–Crippen LogP) is 3.67. The number of hydrogen-bond acceptors (Lipinski definition) is 2. The second kappa shape index (κ2) is 5.22. The number of hydrogen-bond donors (Lipinski definition) is 1. The zero-order chi connectivity index (χ0) is 14.0. The van der Waals surface area contributed by atoms with Crippen molar-refractivity contribution in [3.8, 4) is 11.1 Å². The summed E-state index contributed by atoms with van der Waals surface area (Å²) >= 11 is 0. The van der Waals surface area contributed by atoms with Gasteiger partial charge in [0.2, 0.25) is 0 Å². The summed E-state index contributed by atoms with van der Waals surface area (Å²) < 4.78 is 0. The molecule has 2 N–H and O–H groups in total.